The highest BCUT2D eigenvalue weighted by atomic mass is 19.1. The van der Waals surface area contributed by atoms with E-state index < -0.39 is 17.8 Å². The Bertz CT molecular complexity index is 919. The number of amides is 1. The molecule has 9 nitrogen and oxygen atoms in total. The molecule has 3 N–H and O–H groups in total. The molecule has 0 atom stereocenters. The first kappa shape index (κ1) is 24.6. The summed E-state index contributed by atoms with van der Waals surface area (Å²) in [5, 5.41) is 17.4. The summed E-state index contributed by atoms with van der Waals surface area (Å²) in [7, 11) is 1.68. The van der Waals surface area contributed by atoms with E-state index in [0.717, 1.165) is 37.6 Å². The summed E-state index contributed by atoms with van der Waals surface area (Å²) in [6, 6.07) is 14.2. The van der Waals surface area contributed by atoms with E-state index in [4.69, 9.17) is 24.5 Å². The zero-order valence-corrected chi connectivity index (χ0v) is 17.7. The van der Waals surface area contributed by atoms with E-state index in [0.29, 0.717) is 13.0 Å². The number of nitrogens with one attached hydrogen (secondary N) is 1. The molecule has 1 amide bonds. The second kappa shape index (κ2) is 12.3. The zero-order chi connectivity index (χ0) is 23.5. The summed E-state index contributed by atoms with van der Waals surface area (Å²) in [6.07, 6.45) is 0.350. The Morgan fingerprint density at radius 2 is 1.56 bits per heavy atom. The van der Waals surface area contributed by atoms with Gasteiger partial charge in [-0.05, 0) is 24.3 Å². The molecule has 0 aliphatic carbocycles. The summed E-state index contributed by atoms with van der Waals surface area (Å²) >= 11 is 0. The van der Waals surface area contributed by atoms with Crippen molar-refractivity contribution in [1.29, 1.82) is 0 Å². The number of nitrogens with zero attached hydrogens (tertiary/aromatic N) is 2. The molecule has 172 valence electrons. The molecule has 1 heterocycles. The third kappa shape index (κ3) is 7.55. The number of piperazine rings is 1. The number of benzene rings is 2. The largest absolute Gasteiger partial charge is 0.495 e. The molecule has 0 spiro atoms. The first-order valence-corrected chi connectivity index (χ1v) is 9.92. The molecule has 2 aromatic carbocycles. The fourth-order valence-electron chi connectivity index (χ4n) is 3.14. The Balaban J connectivity index is 0.000000534. The zero-order valence-electron chi connectivity index (χ0n) is 17.7. The van der Waals surface area contributed by atoms with Crippen LogP contribution in [0.3, 0.4) is 0 Å². The number of carbonyl (C=O) groups is 3. The molecular formula is C22H26FN3O6. The SMILES string of the molecule is COc1ccccc1N1CCN(CCC(=O)Nc2ccccc2F)CC1.O=C(O)C(=O)O. The highest BCUT2D eigenvalue weighted by molar-refractivity contribution is 6.27. The summed E-state index contributed by atoms with van der Waals surface area (Å²) < 4.78 is 19.0. The first-order chi connectivity index (χ1) is 15.3. The first-order valence-electron chi connectivity index (χ1n) is 9.92. The number of carbonyl (C=O) groups excluding carboxylic acids is 1. The Kier molecular flexibility index (Phi) is 9.43. The fraction of sp³-hybridized carbons (Fsp3) is 0.318. The Morgan fingerprint density at radius 1 is 0.969 bits per heavy atom. The molecule has 1 fully saturated rings. The molecule has 0 radical (unpaired) electrons. The molecule has 0 aromatic heterocycles. The Labute approximate surface area is 185 Å². The second-order valence-electron chi connectivity index (χ2n) is 6.89. The van der Waals surface area contributed by atoms with E-state index >= 15 is 0 Å². The predicted octanol–water partition coefficient (Wildman–Crippen LogP) is 2.14. The van der Waals surface area contributed by atoms with Crippen molar-refractivity contribution in [3.63, 3.8) is 0 Å². The van der Waals surface area contributed by atoms with Crippen LogP contribution in [-0.4, -0.2) is 72.8 Å². The van der Waals surface area contributed by atoms with Gasteiger partial charge in [-0.1, -0.05) is 24.3 Å². The molecule has 3 rings (SSSR count). The van der Waals surface area contributed by atoms with E-state index in [1.807, 2.05) is 18.2 Å². The van der Waals surface area contributed by atoms with Crippen molar-refractivity contribution in [2.24, 2.45) is 0 Å². The maximum atomic E-state index is 13.6. The van der Waals surface area contributed by atoms with Crippen molar-refractivity contribution < 1.29 is 33.7 Å². The lowest BCUT2D eigenvalue weighted by atomic mass is 10.2. The summed E-state index contributed by atoms with van der Waals surface area (Å²) in [4.78, 5) is 34.8. The van der Waals surface area contributed by atoms with Crippen LogP contribution in [0.15, 0.2) is 48.5 Å². The number of halogens is 1. The van der Waals surface area contributed by atoms with Gasteiger partial charge in [0, 0.05) is 39.1 Å². The number of aliphatic carboxylic acids is 2. The smallest absolute Gasteiger partial charge is 0.414 e. The van der Waals surface area contributed by atoms with Gasteiger partial charge in [-0.3, -0.25) is 9.69 Å². The molecule has 0 saturated carbocycles. The van der Waals surface area contributed by atoms with Crippen LogP contribution in [0.2, 0.25) is 0 Å². The lowest BCUT2D eigenvalue weighted by Gasteiger charge is -2.36. The van der Waals surface area contributed by atoms with Crippen molar-refractivity contribution in [2.45, 2.75) is 6.42 Å². The number of para-hydroxylation sites is 3. The van der Waals surface area contributed by atoms with Crippen LogP contribution in [0.25, 0.3) is 0 Å². The van der Waals surface area contributed by atoms with Gasteiger partial charge in [-0.15, -0.1) is 0 Å². The fourth-order valence-corrected chi connectivity index (χ4v) is 3.14. The Hall–Kier alpha value is -3.66. The summed E-state index contributed by atoms with van der Waals surface area (Å²) in [6.45, 7) is 4.20. The predicted molar refractivity (Wildman–Crippen MR) is 117 cm³/mol. The number of carboxylic acids is 2. The van der Waals surface area contributed by atoms with E-state index in [1.165, 1.54) is 6.07 Å². The number of carboxylic acid groups (broad SMARTS) is 2. The number of hydrogen-bond donors (Lipinski definition) is 3. The molecule has 1 aliphatic rings. The van der Waals surface area contributed by atoms with Crippen LogP contribution >= 0.6 is 0 Å². The number of hydrogen-bond acceptors (Lipinski definition) is 6. The molecule has 0 unspecified atom stereocenters. The highest BCUT2D eigenvalue weighted by Crippen LogP contribution is 2.28. The molecule has 2 aromatic rings. The molecule has 0 bridgehead atoms. The molecule has 32 heavy (non-hydrogen) atoms. The van der Waals surface area contributed by atoms with Crippen molar-refractivity contribution in [2.75, 3.05) is 50.1 Å². The molecular weight excluding hydrogens is 421 g/mol. The van der Waals surface area contributed by atoms with Gasteiger partial charge in [0.05, 0.1) is 18.5 Å². The van der Waals surface area contributed by atoms with Gasteiger partial charge in [-0.25, -0.2) is 14.0 Å². The standard InChI is InChI=1S/C20H24FN3O2.C2H2O4/c1-26-19-9-5-4-8-18(19)24-14-12-23(13-15-24)11-10-20(25)22-17-7-3-2-6-16(17)21;3-1(4)2(5)6/h2-9H,10-15H2,1H3,(H,22,25);(H,3,4)(H,5,6). The minimum Gasteiger partial charge on any atom is -0.495 e. The number of methoxy groups -OCH3 is 1. The van der Waals surface area contributed by atoms with Gasteiger partial charge in [0.2, 0.25) is 5.91 Å². The maximum absolute atomic E-state index is 13.6. The van der Waals surface area contributed by atoms with E-state index in [2.05, 4.69) is 21.2 Å². The van der Waals surface area contributed by atoms with Crippen molar-refractivity contribution >= 4 is 29.2 Å². The molecule has 1 aliphatic heterocycles. The third-order valence-corrected chi connectivity index (χ3v) is 4.78. The Morgan fingerprint density at radius 3 is 2.16 bits per heavy atom. The molecule has 1 saturated heterocycles. The minimum absolute atomic E-state index is 0.165. The number of rotatable bonds is 6. The number of ether oxygens (including phenoxy) is 1. The minimum atomic E-state index is -1.82. The van der Waals surface area contributed by atoms with Gasteiger partial charge in [-0.2, -0.15) is 0 Å². The van der Waals surface area contributed by atoms with E-state index in [-0.39, 0.29) is 11.6 Å². The van der Waals surface area contributed by atoms with Crippen molar-refractivity contribution in [3.8, 4) is 5.75 Å². The van der Waals surface area contributed by atoms with Gasteiger partial charge in [0.25, 0.3) is 0 Å². The number of anilines is 2. The lowest BCUT2D eigenvalue weighted by Crippen LogP contribution is -2.47. The van der Waals surface area contributed by atoms with Crippen LogP contribution in [0.4, 0.5) is 15.8 Å². The van der Waals surface area contributed by atoms with Gasteiger partial charge < -0.3 is 25.2 Å². The lowest BCUT2D eigenvalue weighted by molar-refractivity contribution is -0.159. The van der Waals surface area contributed by atoms with Crippen LogP contribution < -0.4 is 15.0 Å². The summed E-state index contributed by atoms with van der Waals surface area (Å²) in [5.41, 5.74) is 1.34. The van der Waals surface area contributed by atoms with Crippen LogP contribution in [0, 0.1) is 5.82 Å². The van der Waals surface area contributed by atoms with Gasteiger partial charge in [0.15, 0.2) is 0 Å². The highest BCUT2D eigenvalue weighted by Gasteiger charge is 2.20. The average molecular weight is 447 g/mol. The summed E-state index contributed by atoms with van der Waals surface area (Å²) in [5.74, 6) is -3.34. The van der Waals surface area contributed by atoms with Crippen LogP contribution in [-0.2, 0) is 14.4 Å². The van der Waals surface area contributed by atoms with E-state index in [9.17, 15) is 9.18 Å². The monoisotopic (exact) mass is 447 g/mol. The van der Waals surface area contributed by atoms with Crippen molar-refractivity contribution in [1.82, 2.24) is 4.90 Å². The molecule has 10 heteroatoms. The van der Waals surface area contributed by atoms with Gasteiger partial charge in [0.1, 0.15) is 11.6 Å². The van der Waals surface area contributed by atoms with Crippen LogP contribution in [0.5, 0.6) is 5.75 Å². The second-order valence-corrected chi connectivity index (χ2v) is 6.89. The normalized spacial score (nSPS) is 13.5. The third-order valence-electron chi connectivity index (χ3n) is 4.78. The van der Waals surface area contributed by atoms with Gasteiger partial charge >= 0.3 is 11.9 Å². The maximum Gasteiger partial charge on any atom is 0.414 e. The average Bonchev–Trinajstić information content (AvgIpc) is 2.80. The topological polar surface area (TPSA) is 119 Å². The van der Waals surface area contributed by atoms with Crippen LogP contribution in [0.1, 0.15) is 6.42 Å². The quantitative estimate of drug-likeness (QED) is 0.577. The van der Waals surface area contributed by atoms with Crippen molar-refractivity contribution in [3.05, 3.63) is 54.3 Å². The van der Waals surface area contributed by atoms with E-state index in [1.54, 1.807) is 25.3 Å².